The summed E-state index contributed by atoms with van der Waals surface area (Å²) in [4.78, 5) is 19.8. The molecule has 0 fully saturated rings. The van der Waals surface area contributed by atoms with Gasteiger partial charge in [-0.2, -0.15) is 0 Å². The van der Waals surface area contributed by atoms with Crippen molar-refractivity contribution >= 4 is 39.3 Å². The lowest BCUT2D eigenvalue weighted by molar-refractivity contribution is -0.274. The number of anilines is 2. The average molecular weight is 467 g/mol. The van der Waals surface area contributed by atoms with E-state index in [0.717, 1.165) is 12.1 Å². The third-order valence-corrected chi connectivity index (χ3v) is 5.03. The Morgan fingerprint density at radius 3 is 2.68 bits per heavy atom. The number of carbonyl (C=O) groups is 1. The van der Waals surface area contributed by atoms with Gasteiger partial charge in [0.2, 0.25) is 0 Å². The van der Waals surface area contributed by atoms with E-state index >= 15 is 0 Å². The van der Waals surface area contributed by atoms with Gasteiger partial charge in [-0.1, -0.05) is 6.07 Å². The predicted octanol–water partition coefficient (Wildman–Crippen LogP) is 6.11. The first-order chi connectivity index (χ1) is 17.1. The van der Waals surface area contributed by atoms with Gasteiger partial charge in [0.25, 0.3) is 0 Å². The van der Waals surface area contributed by atoms with Crippen LogP contribution in [-0.2, 0) is 6.50 Å². The number of halogens is 3. The molecule has 0 spiro atoms. The van der Waals surface area contributed by atoms with Gasteiger partial charge < -0.3 is 24.9 Å². The van der Waals surface area contributed by atoms with Gasteiger partial charge in [-0.15, -0.1) is 13.2 Å². The van der Waals surface area contributed by atoms with Crippen molar-refractivity contribution in [3.63, 3.8) is 0 Å². The van der Waals surface area contributed by atoms with Crippen LogP contribution < -0.4 is 15.4 Å². The second-order valence-corrected chi connectivity index (χ2v) is 7.29. The summed E-state index contributed by atoms with van der Waals surface area (Å²) in [6.45, 7) is -1.92. The van der Waals surface area contributed by atoms with Crippen LogP contribution in [0.2, 0.25) is 0 Å². The van der Waals surface area contributed by atoms with E-state index in [-0.39, 0.29) is 5.69 Å². The Morgan fingerprint density at radius 1 is 1.06 bits per heavy atom. The first-order valence-electron chi connectivity index (χ1n) is 11.1. The van der Waals surface area contributed by atoms with E-state index in [1.54, 1.807) is 48.8 Å². The number of hydrogen-bond donors (Lipinski definition) is 3. The molecule has 0 bridgehead atoms. The summed E-state index contributed by atoms with van der Waals surface area (Å²) in [6.07, 6.45) is 0.0352. The van der Waals surface area contributed by atoms with E-state index in [2.05, 4.69) is 25.3 Å². The topological polar surface area (TPSA) is 84.0 Å². The van der Waals surface area contributed by atoms with E-state index < -0.39 is 24.6 Å². The molecule has 0 radical (unpaired) electrons. The number of carbonyl (C=O) groups excluding carboxylic acids is 1. The van der Waals surface area contributed by atoms with Crippen LogP contribution in [0, 0.1) is 0 Å². The first kappa shape index (κ1) is 19.0. The maximum Gasteiger partial charge on any atom is 0.573 e. The molecule has 172 valence electrons. The number of fused-ring (bicyclic) bond motifs is 2. The molecule has 0 saturated carbocycles. The molecule has 0 aliphatic rings. The van der Waals surface area contributed by atoms with E-state index in [4.69, 9.17) is 2.74 Å². The Labute approximate surface area is 194 Å². The summed E-state index contributed by atoms with van der Waals surface area (Å²) >= 11 is 0. The van der Waals surface area contributed by atoms with Gasteiger partial charge in [0.1, 0.15) is 11.4 Å². The lowest BCUT2D eigenvalue weighted by Gasteiger charge is -2.11. The van der Waals surface area contributed by atoms with Crippen molar-refractivity contribution in [2.45, 2.75) is 12.9 Å². The summed E-state index contributed by atoms with van der Waals surface area (Å²) in [5.41, 5.74) is 2.24. The molecule has 5 aromatic rings. The van der Waals surface area contributed by atoms with Gasteiger partial charge in [-0.25, -0.2) is 9.78 Å². The number of amides is 2. The fraction of sp³-hybridized carbons (Fsp3) is 0.0833. The zero-order chi connectivity index (χ0) is 25.5. The van der Waals surface area contributed by atoms with Crippen LogP contribution in [0.5, 0.6) is 5.75 Å². The van der Waals surface area contributed by atoms with Crippen LogP contribution in [0.15, 0.2) is 79.3 Å². The Kier molecular flexibility index (Phi) is 4.74. The molecule has 2 aromatic carbocycles. The molecule has 3 N–H and O–H groups in total. The summed E-state index contributed by atoms with van der Waals surface area (Å²) < 4.78 is 60.0. The zero-order valence-electron chi connectivity index (χ0n) is 19.4. The van der Waals surface area contributed by atoms with E-state index in [0.29, 0.717) is 33.2 Å². The van der Waals surface area contributed by atoms with Gasteiger partial charge in [0.05, 0.1) is 13.9 Å². The highest BCUT2D eigenvalue weighted by molar-refractivity contribution is 6.05. The lowest BCUT2D eigenvalue weighted by Crippen LogP contribution is -2.20. The molecule has 0 aliphatic heterocycles. The number of rotatable bonds is 5. The molecule has 0 unspecified atom stereocenters. The summed E-state index contributed by atoms with van der Waals surface area (Å²) in [6, 6.07) is 14.3. The van der Waals surface area contributed by atoms with Gasteiger partial charge in [-0.05, 0) is 60.2 Å². The monoisotopic (exact) mass is 467 g/mol. The summed E-state index contributed by atoms with van der Waals surface area (Å²) in [7, 11) is 0. The highest BCUT2D eigenvalue weighted by Crippen LogP contribution is 2.27. The quantitative estimate of drug-likeness (QED) is 0.292. The fourth-order valence-corrected chi connectivity index (χ4v) is 3.59. The lowest BCUT2D eigenvalue weighted by atomic mass is 10.2. The van der Waals surface area contributed by atoms with Crippen molar-refractivity contribution < 1.29 is 25.4 Å². The Morgan fingerprint density at radius 2 is 1.88 bits per heavy atom. The SMILES string of the molecule is [2H]C([2H])(c1ccnc2[nH]ccc12)n1ccc2c(NC(=O)Nc3ccc(OC(F)(F)F)cc3)cccc21. The van der Waals surface area contributed by atoms with Gasteiger partial charge in [-0.3, -0.25) is 0 Å². The number of ether oxygens (including phenoxy) is 1. The van der Waals surface area contributed by atoms with Crippen molar-refractivity contribution in [2.24, 2.45) is 0 Å². The number of H-pyrrole nitrogens is 1. The molecule has 3 heterocycles. The molecule has 10 heteroatoms. The van der Waals surface area contributed by atoms with Gasteiger partial charge in [0, 0.05) is 41.5 Å². The molecule has 0 aliphatic carbocycles. The third kappa shape index (κ3) is 4.51. The first-order valence-corrected chi connectivity index (χ1v) is 10.1. The van der Waals surface area contributed by atoms with E-state index in [1.165, 1.54) is 22.9 Å². The molecular weight excluding hydrogens is 447 g/mol. The number of benzene rings is 2. The maximum atomic E-state index is 12.6. The van der Waals surface area contributed by atoms with Crippen molar-refractivity contribution in [3.05, 3.63) is 84.8 Å². The molecule has 34 heavy (non-hydrogen) atoms. The maximum absolute atomic E-state index is 12.6. The number of hydrogen-bond acceptors (Lipinski definition) is 3. The van der Waals surface area contributed by atoms with Crippen molar-refractivity contribution in [1.29, 1.82) is 0 Å². The van der Waals surface area contributed by atoms with E-state index in [9.17, 15) is 18.0 Å². The van der Waals surface area contributed by atoms with Gasteiger partial charge >= 0.3 is 12.4 Å². The number of nitrogens with zero attached hydrogens (tertiary/aromatic N) is 2. The average Bonchev–Trinajstić information content (AvgIpc) is 3.47. The van der Waals surface area contributed by atoms with Crippen LogP contribution in [-0.4, -0.2) is 26.9 Å². The van der Waals surface area contributed by atoms with Crippen LogP contribution in [0.25, 0.3) is 21.9 Å². The summed E-state index contributed by atoms with van der Waals surface area (Å²) in [5.74, 6) is -0.403. The number of aromatic nitrogens is 3. The fourth-order valence-electron chi connectivity index (χ4n) is 3.59. The largest absolute Gasteiger partial charge is 0.573 e. The molecule has 0 atom stereocenters. The molecule has 0 saturated heterocycles. The minimum atomic E-state index is -4.80. The van der Waals surface area contributed by atoms with Crippen LogP contribution >= 0.6 is 0 Å². The number of alkyl halides is 3. The van der Waals surface area contributed by atoms with Crippen LogP contribution in [0.1, 0.15) is 8.30 Å². The van der Waals surface area contributed by atoms with Crippen molar-refractivity contribution in [2.75, 3.05) is 10.6 Å². The van der Waals surface area contributed by atoms with Crippen molar-refractivity contribution in [1.82, 2.24) is 14.5 Å². The predicted molar refractivity (Wildman–Crippen MR) is 123 cm³/mol. The highest BCUT2D eigenvalue weighted by Gasteiger charge is 2.31. The minimum absolute atomic E-state index is 0.260. The molecule has 3 aromatic heterocycles. The smallest absolute Gasteiger partial charge is 0.406 e. The van der Waals surface area contributed by atoms with E-state index in [1.807, 2.05) is 0 Å². The van der Waals surface area contributed by atoms with Crippen LogP contribution in [0.3, 0.4) is 0 Å². The summed E-state index contributed by atoms with van der Waals surface area (Å²) in [5, 5.41) is 6.51. The Balaban J connectivity index is 1.38. The molecule has 2 amide bonds. The highest BCUT2D eigenvalue weighted by atomic mass is 19.4. The van der Waals surface area contributed by atoms with Gasteiger partial charge in [0.15, 0.2) is 0 Å². The Hall–Kier alpha value is -4.47. The zero-order valence-corrected chi connectivity index (χ0v) is 17.4. The number of aromatic amines is 1. The van der Waals surface area contributed by atoms with Crippen LogP contribution in [0.4, 0.5) is 29.3 Å². The number of urea groups is 1. The Bertz CT molecular complexity index is 1560. The standard InChI is InChI=1S/C24H18F3N5O2/c25-24(26,27)34-17-6-4-16(5-7-17)30-23(33)31-20-2-1-3-21-19(20)10-13-32(21)14-15-8-11-28-22-18(15)9-12-29-22/h1-13H,14H2,(H,28,29)(H2,30,31,33)/i14D2. The number of pyridine rings is 1. The van der Waals surface area contributed by atoms with Crippen molar-refractivity contribution in [3.8, 4) is 5.75 Å². The minimum Gasteiger partial charge on any atom is -0.406 e. The molecule has 7 nitrogen and oxygen atoms in total. The number of nitrogens with one attached hydrogen (secondary N) is 3. The second kappa shape index (κ2) is 8.47. The third-order valence-electron chi connectivity index (χ3n) is 5.03. The molecular formula is C24H18F3N5O2. The molecule has 5 rings (SSSR count). The second-order valence-electron chi connectivity index (χ2n) is 7.29. The normalized spacial score (nSPS) is 12.9.